The number of hydrogen-bond donors (Lipinski definition) is 1. The maximum atomic E-state index is 7.56. The van der Waals surface area contributed by atoms with Gasteiger partial charge in [0, 0.05) is 30.4 Å². The van der Waals surface area contributed by atoms with Crippen LogP contribution < -0.4 is 4.80 Å². The summed E-state index contributed by atoms with van der Waals surface area (Å²) in [5.74, 6) is 0. The van der Waals surface area contributed by atoms with E-state index in [-0.39, 0.29) is 0 Å². The first-order valence-corrected chi connectivity index (χ1v) is 4.80. The molecular weight excluding hydrogens is 184 g/mol. The van der Waals surface area contributed by atoms with Crippen LogP contribution in [-0.2, 0) is 13.6 Å². The van der Waals surface area contributed by atoms with Crippen LogP contribution in [0, 0.1) is 5.41 Å². The molecule has 0 saturated heterocycles. The molecule has 0 aromatic carbocycles. The van der Waals surface area contributed by atoms with Gasteiger partial charge in [0.05, 0.1) is 12.7 Å². The van der Waals surface area contributed by atoms with Gasteiger partial charge in [0.1, 0.15) is 0 Å². The molecular formula is C8H10N4S. The highest BCUT2D eigenvalue weighted by molar-refractivity contribution is 7.06. The van der Waals surface area contributed by atoms with Crippen molar-refractivity contribution in [3.63, 3.8) is 0 Å². The van der Waals surface area contributed by atoms with E-state index in [0.29, 0.717) is 4.80 Å². The van der Waals surface area contributed by atoms with Gasteiger partial charge in [-0.1, -0.05) is 0 Å². The molecule has 0 saturated carbocycles. The van der Waals surface area contributed by atoms with Gasteiger partial charge >= 0.3 is 0 Å². The van der Waals surface area contributed by atoms with E-state index in [0.717, 1.165) is 12.1 Å². The molecule has 0 amide bonds. The quantitative estimate of drug-likeness (QED) is 0.755. The number of rotatable bonds is 2. The Hall–Kier alpha value is -1.36. The first-order valence-electron chi connectivity index (χ1n) is 3.92. The second-order valence-corrected chi connectivity index (χ2v) is 3.75. The molecule has 0 fully saturated rings. The number of aryl methyl sites for hydroxylation is 1. The number of nitrogens with zero attached hydrogens (tertiary/aromatic N) is 3. The van der Waals surface area contributed by atoms with Crippen molar-refractivity contribution in [2.45, 2.75) is 6.54 Å². The van der Waals surface area contributed by atoms with Crippen LogP contribution in [0.3, 0.4) is 0 Å². The molecule has 0 bridgehead atoms. The minimum atomic E-state index is 0.573. The average molecular weight is 194 g/mol. The highest BCUT2D eigenvalue weighted by Crippen LogP contribution is 1.99. The largest absolute Gasteiger partial charge is 0.320 e. The van der Waals surface area contributed by atoms with Gasteiger partial charge in [-0.2, -0.15) is 5.10 Å². The van der Waals surface area contributed by atoms with Crippen molar-refractivity contribution in [3.8, 4) is 0 Å². The van der Waals surface area contributed by atoms with E-state index in [9.17, 15) is 0 Å². The van der Waals surface area contributed by atoms with E-state index in [1.807, 2.05) is 35.6 Å². The van der Waals surface area contributed by atoms with Crippen molar-refractivity contribution in [2.75, 3.05) is 0 Å². The monoisotopic (exact) mass is 194 g/mol. The lowest BCUT2D eigenvalue weighted by molar-refractivity contribution is 0.750. The summed E-state index contributed by atoms with van der Waals surface area (Å²) in [6, 6.07) is 0. The molecule has 2 aromatic heterocycles. The van der Waals surface area contributed by atoms with Crippen LogP contribution in [0.5, 0.6) is 0 Å². The normalized spacial score (nSPS) is 10.5. The summed E-state index contributed by atoms with van der Waals surface area (Å²) in [7, 11) is 1.89. The molecule has 13 heavy (non-hydrogen) atoms. The number of aromatic nitrogens is 3. The molecule has 2 aromatic rings. The standard InChI is InChI=1S/C8H10N4S/c1-11-5-7(4-10-11)6-12-2-3-13-8(12)9/h2-5,9H,6H2,1H3. The number of hydrogen-bond acceptors (Lipinski definition) is 3. The minimum absolute atomic E-state index is 0.573. The third-order valence-corrected chi connectivity index (χ3v) is 2.51. The molecule has 0 aliphatic heterocycles. The van der Waals surface area contributed by atoms with Gasteiger partial charge in [-0.3, -0.25) is 10.1 Å². The summed E-state index contributed by atoms with van der Waals surface area (Å²) in [4.78, 5) is 0.573. The van der Waals surface area contributed by atoms with Crippen molar-refractivity contribution in [1.29, 1.82) is 5.41 Å². The molecule has 2 heterocycles. The zero-order valence-corrected chi connectivity index (χ0v) is 8.08. The van der Waals surface area contributed by atoms with Crippen molar-refractivity contribution < 1.29 is 0 Å². The minimum Gasteiger partial charge on any atom is -0.320 e. The van der Waals surface area contributed by atoms with Crippen LogP contribution in [0.1, 0.15) is 5.56 Å². The van der Waals surface area contributed by atoms with Gasteiger partial charge in [-0.05, 0) is 0 Å². The Balaban J connectivity index is 2.24. The van der Waals surface area contributed by atoms with E-state index in [4.69, 9.17) is 5.41 Å². The zero-order chi connectivity index (χ0) is 9.26. The van der Waals surface area contributed by atoms with Crippen LogP contribution in [0.25, 0.3) is 0 Å². The summed E-state index contributed by atoms with van der Waals surface area (Å²) in [5.41, 5.74) is 1.12. The van der Waals surface area contributed by atoms with Crippen LogP contribution in [0.4, 0.5) is 0 Å². The third-order valence-electron chi connectivity index (χ3n) is 1.79. The van der Waals surface area contributed by atoms with Gasteiger partial charge in [-0.25, -0.2) is 0 Å². The zero-order valence-electron chi connectivity index (χ0n) is 7.27. The number of nitrogens with one attached hydrogen (secondary N) is 1. The maximum absolute atomic E-state index is 7.56. The molecule has 0 aliphatic rings. The predicted molar refractivity (Wildman–Crippen MR) is 50.5 cm³/mol. The van der Waals surface area contributed by atoms with Crippen LogP contribution in [0.2, 0.25) is 0 Å². The first kappa shape index (κ1) is 8.25. The Morgan fingerprint density at radius 2 is 2.46 bits per heavy atom. The van der Waals surface area contributed by atoms with Crippen LogP contribution >= 0.6 is 11.3 Å². The van der Waals surface area contributed by atoms with Gasteiger partial charge in [0.2, 0.25) is 0 Å². The lowest BCUT2D eigenvalue weighted by atomic mass is 10.3. The Morgan fingerprint density at radius 3 is 3.00 bits per heavy atom. The second kappa shape index (κ2) is 3.18. The van der Waals surface area contributed by atoms with Gasteiger partial charge in [0.25, 0.3) is 0 Å². The molecule has 0 aliphatic carbocycles. The van der Waals surface area contributed by atoms with Crippen molar-refractivity contribution in [1.82, 2.24) is 14.3 Å². The second-order valence-electron chi connectivity index (χ2n) is 2.86. The summed E-state index contributed by atoms with van der Waals surface area (Å²) in [6.45, 7) is 0.732. The van der Waals surface area contributed by atoms with E-state index >= 15 is 0 Å². The van der Waals surface area contributed by atoms with E-state index in [1.165, 1.54) is 11.3 Å². The Bertz CT molecular complexity index is 450. The predicted octanol–water partition coefficient (Wildman–Crippen LogP) is 0.811. The Morgan fingerprint density at radius 1 is 1.62 bits per heavy atom. The Kier molecular flexibility index (Phi) is 2.02. The molecule has 5 heteroatoms. The highest BCUT2D eigenvalue weighted by Gasteiger charge is 1.98. The highest BCUT2D eigenvalue weighted by atomic mass is 32.1. The molecule has 0 radical (unpaired) electrons. The van der Waals surface area contributed by atoms with E-state index < -0.39 is 0 Å². The first-order chi connectivity index (χ1) is 6.25. The summed E-state index contributed by atoms with van der Waals surface area (Å²) < 4.78 is 3.66. The molecule has 1 N–H and O–H groups in total. The van der Waals surface area contributed by atoms with Crippen molar-refractivity contribution in [2.24, 2.45) is 7.05 Å². The van der Waals surface area contributed by atoms with Gasteiger partial charge in [-0.15, -0.1) is 11.3 Å². The molecule has 0 unspecified atom stereocenters. The van der Waals surface area contributed by atoms with Gasteiger partial charge in [0.15, 0.2) is 4.80 Å². The van der Waals surface area contributed by atoms with E-state index in [1.54, 1.807) is 4.68 Å². The van der Waals surface area contributed by atoms with Crippen LogP contribution in [0.15, 0.2) is 24.0 Å². The van der Waals surface area contributed by atoms with Gasteiger partial charge < -0.3 is 4.57 Å². The molecule has 2 rings (SSSR count). The SMILES string of the molecule is Cn1cc(Cn2ccsc2=N)cn1. The molecule has 4 nitrogen and oxygen atoms in total. The summed E-state index contributed by atoms with van der Waals surface area (Å²) in [6.07, 6.45) is 5.70. The number of thiazole rings is 1. The molecule has 0 spiro atoms. The summed E-state index contributed by atoms with van der Waals surface area (Å²) >= 11 is 1.43. The topological polar surface area (TPSA) is 46.6 Å². The fraction of sp³-hybridized carbons (Fsp3) is 0.250. The smallest absolute Gasteiger partial charge is 0.182 e. The summed E-state index contributed by atoms with van der Waals surface area (Å²) in [5, 5.41) is 13.5. The maximum Gasteiger partial charge on any atom is 0.182 e. The van der Waals surface area contributed by atoms with Crippen molar-refractivity contribution in [3.05, 3.63) is 34.3 Å². The molecule has 68 valence electrons. The Labute approximate surface area is 79.6 Å². The fourth-order valence-electron chi connectivity index (χ4n) is 1.18. The lowest BCUT2D eigenvalue weighted by Crippen LogP contribution is -2.12. The lowest BCUT2D eigenvalue weighted by Gasteiger charge is -1.97. The van der Waals surface area contributed by atoms with Crippen molar-refractivity contribution >= 4 is 11.3 Å². The third kappa shape index (κ3) is 1.70. The van der Waals surface area contributed by atoms with Crippen LogP contribution in [-0.4, -0.2) is 14.3 Å². The molecule has 0 atom stereocenters. The average Bonchev–Trinajstić information content (AvgIpc) is 2.64. The van der Waals surface area contributed by atoms with E-state index in [2.05, 4.69) is 5.10 Å². The fourth-order valence-corrected chi connectivity index (χ4v) is 1.78.